The quantitative estimate of drug-likeness (QED) is 0.531. The summed E-state index contributed by atoms with van der Waals surface area (Å²) in [6, 6.07) is 9.25. The van der Waals surface area contributed by atoms with Crippen LogP contribution in [-0.2, 0) is 10.0 Å². The fourth-order valence-electron chi connectivity index (χ4n) is 3.17. The first kappa shape index (κ1) is 19.0. The highest BCUT2D eigenvalue weighted by Crippen LogP contribution is 2.38. The molecule has 0 radical (unpaired) electrons. The van der Waals surface area contributed by atoms with Gasteiger partial charge in [-0.15, -0.1) is 0 Å². The van der Waals surface area contributed by atoms with Crippen molar-refractivity contribution < 1.29 is 12.8 Å². The van der Waals surface area contributed by atoms with Gasteiger partial charge in [-0.25, -0.2) is 27.9 Å². The lowest BCUT2D eigenvalue weighted by Crippen LogP contribution is -2.16. The van der Waals surface area contributed by atoms with Crippen molar-refractivity contribution in [2.75, 3.05) is 4.90 Å². The number of hydrogen-bond acceptors (Lipinski definition) is 6. The van der Waals surface area contributed by atoms with Gasteiger partial charge in [0.05, 0.1) is 16.8 Å². The van der Waals surface area contributed by atoms with Gasteiger partial charge in [-0.05, 0) is 55.3 Å². The first-order chi connectivity index (χ1) is 13.8. The molecule has 8 nitrogen and oxygen atoms in total. The fourth-order valence-corrected chi connectivity index (χ4v) is 3.69. The van der Waals surface area contributed by atoms with Crippen LogP contribution in [0.15, 0.2) is 53.8 Å². The molecule has 0 amide bonds. The predicted octanol–water partition coefficient (Wildman–Crippen LogP) is 3.23. The second-order valence-electron chi connectivity index (χ2n) is 6.62. The normalized spacial score (nSPS) is 11.7. The highest BCUT2D eigenvalue weighted by Gasteiger charge is 2.23. The smallest absolute Gasteiger partial charge is 0.238 e. The minimum Gasteiger partial charge on any atom is -0.290 e. The summed E-state index contributed by atoms with van der Waals surface area (Å²) in [7, 11) is -3.86. The Morgan fingerprint density at radius 2 is 1.83 bits per heavy atom. The molecule has 0 unspecified atom stereocenters. The Labute approximate surface area is 166 Å². The average molecular weight is 412 g/mol. The molecule has 148 valence electrons. The molecule has 3 N–H and O–H groups in total. The second kappa shape index (κ2) is 6.90. The van der Waals surface area contributed by atoms with Crippen molar-refractivity contribution in [1.82, 2.24) is 20.2 Å². The number of nitrogens with one attached hydrogen (secondary N) is 1. The number of nitrogens with zero attached hydrogens (tertiary/aromatic N) is 4. The molecular weight excluding hydrogens is 395 g/mol. The van der Waals surface area contributed by atoms with E-state index >= 15 is 4.39 Å². The van der Waals surface area contributed by atoms with Gasteiger partial charge in [0.15, 0.2) is 5.82 Å². The number of hydrogen-bond donors (Lipinski definition) is 2. The lowest BCUT2D eigenvalue weighted by Gasteiger charge is -2.26. The van der Waals surface area contributed by atoms with E-state index in [1.807, 2.05) is 6.92 Å². The number of benzene rings is 2. The van der Waals surface area contributed by atoms with Crippen molar-refractivity contribution in [2.24, 2.45) is 5.14 Å². The number of aryl methyl sites for hydroxylation is 2. The zero-order chi connectivity index (χ0) is 20.8. The first-order valence-electron chi connectivity index (χ1n) is 8.59. The van der Waals surface area contributed by atoms with Crippen LogP contribution in [0, 0.1) is 19.7 Å². The van der Waals surface area contributed by atoms with Crippen LogP contribution in [0.3, 0.4) is 0 Å². The molecule has 0 saturated carbocycles. The number of H-pyrrole nitrogens is 1. The summed E-state index contributed by atoms with van der Waals surface area (Å²) in [4.78, 5) is 10.0. The summed E-state index contributed by atoms with van der Waals surface area (Å²) >= 11 is 0. The molecule has 0 atom stereocenters. The molecule has 0 bridgehead atoms. The summed E-state index contributed by atoms with van der Waals surface area (Å²) in [5.41, 5.74) is 3.17. The van der Waals surface area contributed by atoms with E-state index in [1.165, 1.54) is 18.5 Å². The molecule has 0 aliphatic heterocycles. The molecule has 10 heteroatoms. The molecule has 0 fully saturated rings. The SMILES string of the molecule is Cc1cc(C)c(F)c(N(c2ccc(S(N)(=O)=O)cc2)c2ncnc3cn[nH]c23)c1. The Bertz CT molecular complexity index is 1320. The van der Waals surface area contributed by atoms with Gasteiger partial charge in [0.2, 0.25) is 10.0 Å². The molecule has 4 aromatic rings. The third-order valence-electron chi connectivity index (χ3n) is 4.48. The molecule has 2 aromatic heterocycles. The van der Waals surface area contributed by atoms with E-state index in [9.17, 15) is 8.42 Å². The lowest BCUT2D eigenvalue weighted by molar-refractivity contribution is 0.598. The Kier molecular flexibility index (Phi) is 4.52. The third-order valence-corrected chi connectivity index (χ3v) is 5.40. The number of primary sulfonamides is 1. The Morgan fingerprint density at radius 3 is 2.52 bits per heavy atom. The number of aromatic amines is 1. The van der Waals surface area contributed by atoms with E-state index in [4.69, 9.17) is 5.14 Å². The number of aromatic nitrogens is 4. The maximum absolute atomic E-state index is 15.2. The highest BCUT2D eigenvalue weighted by molar-refractivity contribution is 7.89. The van der Waals surface area contributed by atoms with E-state index in [0.29, 0.717) is 28.1 Å². The number of nitrogens with two attached hydrogens (primary N) is 1. The molecule has 2 aromatic carbocycles. The summed E-state index contributed by atoms with van der Waals surface area (Å²) in [5, 5.41) is 12.0. The van der Waals surface area contributed by atoms with Crippen molar-refractivity contribution in [1.29, 1.82) is 0 Å². The summed E-state index contributed by atoms with van der Waals surface area (Å²) in [6.07, 6.45) is 2.90. The van der Waals surface area contributed by atoms with Gasteiger partial charge in [-0.2, -0.15) is 5.10 Å². The molecule has 0 spiro atoms. The maximum atomic E-state index is 15.2. The van der Waals surface area contributed by atoms with E-state index in [1.54, 1.807) is 42.3 Å². The van der Waals surface area contributed by atoms with Crippen LogP contribution in [0.5, 0.6) is 0 Å². The number of rotatable bonds is 4. The third kappa shape index (κ3) is 3.43. The molecule has 4 rings (SSSR count). The minimum absolute atomic E-state index is 0.0449. The molecule has 0 aliphatic carbocycles. The van der Waals surface area contributed by atoms with Gasteiger partial charge in [-0.3, -0.25) is 10.00 Å². The topological polar surface area (TPSA) is 118 Å². The molecule has 29 heavy (non-hydrogen) atoms. The monoisotopic (exact) mass is 412 g/mol. The van der Waals surface area contributed by atoms with Gasteiger partial charge < -0.3 is 0 Å². The molecule has 2 heterocycles. The van der Waals surface area contributed by atoms with Crippen molar-refractivity contribution in [3.63, 3.8) is 0 Å². The molecule has 0 saturated heterocycles. The van der Waals surface area contributed by atoms with E-state index in [2.05, 4.69) is 20.2 Å². The minimum atomic E-state index is -3.86. The van der Waals surface area contributed by atoms with Gasteiger partial charge >= 0.3 is 0 Å². The van der Waals surface area contributed by atoms with Crippen LogP contribution in [0.1, 0.15) is 11.1 Å². The van der Waals surface area contributed by atoms with Gasteiger partial charge in [0.1, 0.15) is 23.2 Å². The van der Waals surface area contributed by atoms with Gasteiger partial charge in [-0.1, -0.05) is 6.07 Å². The largest absolute Gasteiger partial charge is 0.290 e. The van der Waals surface area contributed by atoms with Crippen LogP contribution in [0.2, 0.25) is 0 Å². The van der Waals surface area contributed by atoms with Crippen molar-refractivity contribution in [2.45, 2.75) is 18.7 Å². The number of halogens is 1. The van der Waals surface area contributed by atoms with E-state index in [-0.39, 0.29) is 10.6 Å². The zero-order valence-electron chi connectivity index (χ0n) is 15.6. The first-order valence-corrected chi connectivity index (χ1v) is 10.1. The van der Waals surface area contributed by atoms with Crippen LogP contribution < -0.4 is 10.0 Å². The summed E-state index contributed by atoms with van der Waals surface area (Å²) < 4.78 is 38.4. The number of fused-ring (bicyclic) bond motifs is 1. The van der Waals surface area contributed by atoms with E-state index < -0.39 is 15.8 Å². The summed E-state index contributed by atoms with van der Waals surface area (Å²) in [6.45, 7) is 3.55. The standard InChI is InChI=1S/C19H17FN6O2S/c1-11-7-12(2)17(20)16(8-11)26(13-3-5-14(6-4-13)29(21,27)28)19-18-15(9-24-25-18)22-10-23-19/h3-10H,1-2H3,(H,24,25)(H2,21,27,28). The second-order valence-corrected chi connectivity index (χ2v) is 8.18. The van der Waals surface area contributed by atoms with Crippen LogP contribution in [0.25, 0.3) is 11.0 Å². The van der Waals surface area contributed by atoms with Gasteiger partial charge in [0.25, 0.3) is 0 Å². The predicted molar refractivity (Wildman–Crippen MR) is 107 cm³/mol. The Morgan fingerprint density at radius 1 is 1.10 bits per heavy atom. The fraction of sp³-hybridized carbons (Fsp3) is 0.105. The number of anilines is 3. The van der Waals surface area contributed by atoms with Crippen molar-refractivity contribution in [3.05, 3.63) is 65.9 Å². The maximum Gasteiger partial charge on any atom is 0.238 e. The summed E-state index contributed by atoms with van der Waals surface area (Å²) in [5.74, 6) is -0.0443. The molecular formula is C19H17FN6O2S. The average Bonchev–Trinajstić information content (AvgIpc) is 3.15. The number of sulfonamides is 1. The zero-order valence-corrected chi connectivity index (χ0v) is 16.4. The van der Waals surface area contributed by atoms with Crippen LogP contribution in [-0.4, -0.2) is 28.6 Å². The van der Waals surface area contributed by atoms with Crippen molar-refractivity contribution in [3.8, 4) is 0 Å². The molecule has 0 aliphatic rings. The Balaban J connectivity index is 1.99. The van der Waals surface area contributed by atoms with E-state index in [0.717, 1.165) is 5.56 Å². The van der Waals surface area contributed by atoms with Crippen LogP contribution in [0.4, 0.5) is 21.6 Å². The van der Waals surface area contributed by atoms with Crippen molar-refractivity contribution >= 4 is 38.2 Å². The Hall–Kier alpha value is -3.37. The van der Waals surface area contributed by atoms with Gasteiger partial charge in [0, 0.05) is 5.69 Å². The van der Waals surface area contributed by atoms with Crippen LogP contribution >= 0.6 is 0 Å². The lowest BCUT2D eigenvalue weighted by atomic mass is 10.1. The highest BCUT2D eigenvalue weighted by atomic mass is 32.2.